The van der Waals surface area contributed by atoms with E-state index >= 15 is 0 Å². The minimum atomic E-state index is -0.956. The normalized spacial score (nSPS) is 18.8. The fraction of sp³-hybridized carbons (Fsp3) is 0.531. The molecule has 0 aliphatic carbocycles. The summed E-state index contributed by atoms with van der Waals surface area (Å²) in [7, 11) is 0. The van der Waals surface area contributed by atoms with Gasteiger partial charge in [-0.25, -0.2) is 4.79 Å². The fourth-order valence-electron chi connectivity index (χ4n) is 5.79. The number of nitrogens with one attached hydrogen (secondary N) is 3. The average molecular weight is 549 g/mol. The molecule has 8 nitrogen and oxygen atoms in total. The summed E-state index contributed by atoms with van der Waals surface area (Å²) in [5, 5.41) is 9.37. The quantitative estimate of drug-likeness (QED) is 0.436. The third kappa shape index (κ3) is 8.07. The number of benzene rings is 2. The largest absolute Gasteiger partial charge is 0.444 e. The number of hydrogen-bond donors (Lipinski definition) is 3. The molecule has 3 N–H and O–H groups in total. The van der Waals surface area contributed by atoms with Crippen molar-refractivity contribution < 1.29 is 19.1 Å². The number of carbonyl (C=O) groups excluding carboxylic acids is 3. The van der Waals surface area contributed by atoms with Gasteiger partial charge >= 0.3 is 6.09 Å². The highest BCUT2D eigenvalue weighted by Gasteiger charge is 2.42. The van der Waals surface area contributed by atoms with E-state index in [1.807, 2.05) is 60.7 Å². The Kier molecular flexibility index (Phi) is 10.2. The van der Waals surface area contributed by atoms with Crippen molar-refractivity contribution in [3.8, 4) is 0 Å². The summed E-state index contributed by atoms with van der Waals surface area (Å²) >= 11 is 0. The first-order valence-electron chi connectivity index (χ1n) is 14.6. The predicted octanol–water partition coefficient (Wildman–Crippen LogP) is 4.21. The van der Waals surface area contributed by atoms with Gasteiger partial charge in [-0.2, -0.15) is 0 Å². The van der Waals surface area contributed by atoms with E-state index in [-0.39, 0.29) is 11.8 Å². The van der Waals surface area contributed by atoms with Crippen LogP contribution in [0.5, 0.6) is 0 Å². The van der Waals surface area contributed by atoms with E-state index in [0.717, 1.165) is 49.9 Å². The number of piperidine rings is 1. The molecule has 2 saturated heterocycles. The number of likely N-dealkylation sites (tertiary alicyclic amines) is 1. The number of hydrogen-bond acceptors (Lipinski definition) is 5. The molecular weight excluding hydrogens is 504 g/mol. The van der Waals surface area contributed by atoms with Crippen LogP contribution in [0.2, 0.25) is 0 Å². The molecule has 0 spiro atoms. The first-order chi connectivity index (χ1) is 19.2. The van der Waals surface area contributed by atoms with Crippen molar-refractivity contribution in [2.24, 2.45) is 5.92 Å². The van der Waals surface area contributed by atoms with Gasteiger partial charge in [-0.1, -0.05) is 60.7 Å². The second-order valence-electron chi connectivity index (χ2n) is 11.9. The van der Waals surface area contributed by atoms with E-state index in [4.69, 9.17) is 4.74 Å². The number of nitrogens with zero attached hydrogens (tertiary/aromatic N) is 1. The number of rotatable bonds is 9. The van der Waals surface area contributed by atoms with E-state index in [2.05, 4.69) is 16.0 Å². The Labute approximate surface area is 238 Å². The lowest BCUT2D eigenvalue weighted by Gasteiger charge is -2.34. The molecule has 2 aromatic carbocycles. The van der Waals surface area contributed by atoms with Gasteiger partial charge in [0.1, 0.15) is 17.7 Å². The predicted molar refractivity (Wildman–Crippen MR) is 156 cm³/mol. The van der Waals surface area contributed by atoms with Crippen LogP contribution in [0, 0.1) is 5.92 Å². The average Bonchev–Trinajstić information content (AvgIpc) is 3.43. The fourth-order valence-corrected chi connectivity index (χ4v) is 5.79. The van der Waals surface area contributed by atoms with Crippen molar-refractivity contribution in [2.45, 2.75) is 76.5 Å². The van der Waals surface area contributed by atoms with Crippen LogP contribution in [0.25, 0.3) is 0 Å². The SMILES string of the molecule is CC(C)(C)OC(=O)N[C@@H](C(=O)N1CCCC1C(=O)NCCC1CCNCC1)C(c1ccccc1)c1ccccc1. The summed E-state index contributed by atoms with van der Waals surface area (Å²) in [4.78, 5) is 42.4. The molecule has 2 fully saturated rings. The van der Waals surface area contributed by atoms with Crippen LogP contribution < -0.4 is 16.0 Å². The van der Waals surface area contributed by atoms with Crippen molar-refractivity contribution in [3.05, 3.63) is 71.8 Å². The molecule has 0 aromatic heterocycles. The van der Waals surface area contributed by atoms with Gasteiger partial charge in [0.15, 0.2) is 0 Å². The van der Waals surface area contributed by atoms with Crippen LogP contribution in [0.1, 0.15) is 69.9 Å². The molecule has 2 aliphatic rings. The molecule has 2 aromatic rings. The van der Waals surface area contributed by atoms with Gasteiger partial charge in [-0.05, 0) is 83.0 Å². The van der Waals surface area contributed by atoms with E-state index in [9.17, 15) is 14.4 Å². The summed E-state index contributed by atoms with van der Waals surface area (Å²) in [6.07, 6.45) is 3.88. The molecule has 4 rings (SSSR count). The van der Waals surface area contributed by atoms with Crippen molar-refractivity contribution in [3.63, 3.8) is 0 Å². The van der Waals surface area contributed by atoms with E-state index in [1.165, 1.54) is 0 Å². The van der Waals surface area contributed by atoms with Gasteiger partial charge < -0.3 is 25.6 Å². The van der Waals surface area contributed by atoms with Gasteiger partial charge in [0.25, 0.3) is 0 Å². The molecule has 2 heterocycles. The van der Waals surface area contributed by atoms with Crippen LogP contribution in [0.4, 0.5) is 4.79 Å². The Bertz CT molecular complexity index is 1070. The number of amides is 3. The summed E-state index contributed by atoms with van der Waals surface area (Å²) in [6.45, 7) is 8.51. The highest BCUT2D eigenvalue weighted by atomic mass is 16.6. The molecule has 0 saturated carbocycles. The summed E-state index contributed by atoms with van der Waals surface area (Å²) in [5.74, 6) is -0.249. The summed E-state index contributed by atoms with van der Waals surface area (Å²) in [5.41, 5.74) is 1.06. The van der Waals surface area contributed by atoms with Gasteiger partial charge in [0.2, 0.25) is 11.8 Å². The highest BCUT2D eigenvalue weighted by molar-refractivity contribution is 5.93. The summed E-state index contributed by atoms with van der Waals surface area (Å²) in [6, 6.07) is 17.9. The third-order valence-corrected chi connectivity index (χ3v) is 7.74. The van der Waals surface area contributed by atoms with Crippen LogP contribution in [-0.4, -0.2) is 66.7 Å². The number of ether oxygens (including phenoxy) is 1. The minimum absolute atomic E-state index is 0.119. The van der Waals surface area contributed by atoms with Gasteiger partial charge in [-0.3, -0.25) is 9.59 Å². The monoisotopic (exact) mass is 548 g/mol. The second-order valence-corrected chi connectivity index (χ2v) is 11.9. The first kappa shape index (κ1) is 29.6. The highest BCUT2D eigenvalue weighted by Crippen LogP contribution is 2.31. The van der Waals surface area contributed by atoms with Gasteiger partial charge in [-0.15, -0.1) is 0 Å². The van der Waals surface area contributed by atoms with Crippen molar-refractivity contribution in [1.82, 2.24) is 20.9 Å². The molecule has 3 amide bonds. The number of carbonyl (C=O) groups is 3. The minimum Gasteiger partial charge on any atom is -0.444 e. The molecule has 0 bridgehead atoms. The molecule has 8 heteroatoms. The molecule has 216 valence electrons. The Morgan fingerprint density at radius 1 is 0.950 bits per heavy atom. The maximum Gasteiger partial charge on any atom is 0.408 e. The zero-order chi connectivity index (χ0) is 28.5. The Balaban J connectivity index is 1.57. The van der Waals surface area contributed by atoms with Crippen molar-refractivity contribution in [1.29, 1.82) is 0 Å². The Morgan fingerprint density at radius 2 is 1.55 bits per heavy atom. The lowest BCUT2D eigenvalue weighted by atomic mass is 9.84. The van der Waals surface area contributed by atoms with Crippen molar-refractivity contribution >= 4 is 17.9 Å². The van der Waals surface area contributed by atoms with E-state index in [0.29, 0.717) is 25.4 Å². The third-order valence-electron chi connectivity index (χ3n) is 7.74. The molecular formula is C32H44N4O4. The van der Waals surface area contributed by atoms with Crippen LogP contribution in [-0.2, 0) is 14.3 Å². The summed E-state index contributed by atoms with van der Waals surface area (Å²) < 4.78 is 5.58. The van der Waals surface area contributed by atoms with Gasteiger partial charge in [0.05, 0.1) is 0 Å². The maximum atomic E-state index is 14.3. The van der Waals surface area contributed by atoms with E-state index < -0.39 is 29.7 Å². The van der Waals surface area contributed by atoms with Crippen LogP contribution in [0.3, 0.4) is 0 Å². The molecule has 2 atom stereocenters. The molecule has 1 unspecified atom stereocenters. The van der Waals surface area contributed by atoms with Gasteiger partial charge in [0, 0.05) is 19.0 Å². The van der Waals surface area contributed by atoms with Crippen LogP contribution in [0.15, 0.2) is 60.7 Å². The first-order valence-corrected chi connectivity index (χ1v) is 14.6. The lowest BCUT2D eigenvalue weighted by molar-refractivity contribution is -0.140. The number of alkyl carbamates (subject to hydrolysis) is 1. The van der Waals surface area contributed by atoms with Crippen LogP contribution >= 0.6 is 0 Å². The molecule has 0 radical (unpaired) electrons. The van der Waals surface area contributed by atoms with E-state index in [1.54, 1.807) is 25.7 Å². The Hall–Kier alpha value is -3.39. The molecule has 40 heavy (non-hydrogen) atoms. The lowest BCUT2D eigenvalue weighted by Crippen LogP contribution is -2.56. The second kappa shape index (κ2) is 13.8. The maximum absolute atomic E-state index is 14.3. The Morgan fingerprint density at radius 3 is 2.12 bits per heavy atom. The smallest absolute Gasteiger partial charge is 0.408 e. The zero-order valence-electron chi connectivity index (χ0n) is 24.0. The van der Waals surface area contributed by atoms with Crippen molar-refractivity contribution in [2.75, 3.05) is 26.2 Å². The topological polar surface area (TPSA) is 99.8 Å². The molecule has 2 aliphatic heterocycles. The zero-order valence-corrected chi connectivity index (χ0v) is 24.0. The standard InChI is InChI=1S/C32H44N4O4/c1-32(2,3)40-31(39)35-28(27(24-11-6-4-7-12-24)25-13-8-5-9-14-25)30(38)36-22-10-15-26(36)29(37)34-21-18-23-16-19-33-20-17-23/h4-9,11-14,23,26-28,33H,10,15-22H2,1-3H3,(H,34,37)(H,35,39)/t26?,28-/m1/s1.